The molecule has 1 atom stereocenters. The van der Waals surface area contributed by atoms with Gasteiger partial charge in [0.15, 0.2) is 6.04 Å². The zero-order valence-corrected chi connectivity index (χ0v) is 10.8. The van der Waals surface area contributed by atoms with Crippen LogP contribution in [0.25, 0.3) is 0 Å². The number of carbonyl (C=O) groups is 3. The number of esters is 1. The molecule has 16 heavy (non-hydrogen) atoms. The molecule has 0 aromatic rings. The van der Waals surface area contributed by atoms with E-state index in [0.29, 0.717) is 0 Å². The first-order valence-corrected chi connectivity index (χ1v) is 5.38. The van der Waals surface area contributed by atoms with Crippen LogP contribution < -0.4 is 5.32 Å². The van der Waals surface area contributed by atoms with Gasteiger partial charge in [0.1, 0.15) is 0 Å². The molecular weight excluding hydrogens is 280 g/mol. The Morgan fingerprint density at radius 1 is 1.31 bits per heavy atom. The second-order valence-corrected chi connectivity index (χ2v) is 5.03. The van der Waals surface area contributed by atoms with Gasteiger partial charge in [-0.25, -0.2) is 4.79 Å². The van der Waals surface area contributed by atoms with Crippen molar-refractivity contribution >= 4 is 52.5 Å². The molecule has 8 heteroatoms. The van der Waals surface area contributed by atoms with Gasteiger partial charge in [0.25, 0.3) is 3.79 Å². The molecule has 0 aromatic carbocycles. The highest BCUT2D eigenvalue weighted by Crippen LogP contribution is 2.28. The van der Waals surface area contributed by atoms with Crippen molar-refractivity contribution in [2.45, 2.75) is 23.7 Å². The van der Waals surface area contributed by atoms with E-state index in [1.54, 1.807) is 6.92 Å². The van der Waals surface area contributed by atoms with E-state index in [4.69, 9.17) is 34.8 Å². The molecule has 0 radical (unpaired) electrons. The third kappa shape index (κ3) is 5.01. The summed E-state index contributed by atoms with van der Waals surface area (Å²) in [6.45, 7) is 2.71. The van der Waals surface area contributed by atoms with Gasteiger partial charge in [-0.15, -0.1) is 0 Å². The summed E-state index contributed by atoms with van der Waals surface area (Å²) < 4.78 is 2.28. The number of ether oxygens (including phenoxy) is 1. The number of amides is 1. The Hall–Kier alpha value is -0.520. The largest absolute Gasteiger partial charge is 0.464 e. The van der Waals surface area contributed by atoms with Crippen LogP contribution in [0.5, 0.6) is 0 Å². The first-order valence-electron chi connectivity index (χ1n) is 4.25. The molecule has 0 aliphatic carbocycles. The van der Waals surface area contributed by atoms with E-state index in [1.165, 1.54) is 0 Å². The third-order valence-electron chi connectivity index (χ3n) is 1.41. The van der Waals surface area contributed by atoms with Crippen molar-refractivity contribution in [3.8, 4) is 0 Å². The van der Waals surface area contributed by atoms with Gasteiger partial charge in [-0.3, -0.25) is 9.59 Å². The lowest BCUT2D eigenvalue weighted by molar-refractivity contribution is -0.150. The Morgan fingerprint density at radius 2 is 1.81 bits per heavy atom. The fourth-order valence-electron chi connectivity index (χ4n) is 0.824. The summed E-state index contributed by atoms with van der Waals surface area (Å²) in [6.07, 6.45) is 0. The number of Topliss-reactive ketones (excluding diaryl/α,β-unsaturated/α-hetero) is 1. The lowest BCUT2D eigenvalue weighted by Gasteiger charge is -2.18. The van der Waals surface area contributed by atoms with Gasteiger partial charge in [-0.05, 0) is 6.92 Å². The van der Waals surface area contributed by atoms with Crippen molar-refractivity contribution in [2.75, 3.05) is 6.61 Å². The monoisotopic (exact) mass is 289 g/mol. The van der Waals surface area contributed by atoms with Crippen LogP contribution in [0, 0.1) is 0 Å². The summed E-state index contributed by atoms with van der Waals surface area (Å²) in [5.41, 5.74) is 0. The molecule has 0 aliphatic heterocycles. The van der Waals surface area contributed by atoms with E-state index in [1.807, 2.05) is 0 Å². The maximum absolute atomic E-state index is 11.5. The smallest absolute Gasteiger partial charge is 0.336 e. The molecule has 0 unspecified atom stereocenters. The summed E-state index contributed by atoms with van der Waals surface area (Å²) >= 11 is 16.0. The van der Waals surface area contributed by atoms with Gasteiger partial charge in [0.05, 0.1) is 6.61 Å². The second kappa shape index (κ2) is 6.27. The van der Waals surface area contributed by atoms with E-state index < -0.39 is 27.5 Å². The molecular formula is C8H10Cl3NO4. The molecule has 0 bridgehead atoms. The van der Waals surface area contributed by atoms with Gasteiger partial charge in [0.2, 0.25) is 11.7 Å². The zero-order chi connectivity index (χ0) is 12.9. The van der Waals surface area contributed by atoms with Crippen LogP contribution in [0.3, 0.4) is 0 Å². The predicted octanol–water partition coefficient (Wildman–Crippen LogP) is 0.994. The number of carbonyl (C=O) groups excluding carboxylic acids is 3. The minimum Gasteiger partial charge on any atom is -0.464 e. The molecule has 0 spiro atoms. The number of hydrogen-bond acceptors (Lipinski definition) is 4. The van der Waals surface area contributed by atoms with Crippen molar-refractivity contribution in [3.63, 3.8) is 0 Å². The van der Waals surface area contributed by atoms with Gasteiger partial charge in [0, 0.05) is 6.92 Å². The average molecular weight is 291 g/mol. The third-order valence-corrected chi connectivity index (χ3v) is 1.97. The summed E-state index contributed by atoms with van der Waals surface area (Å²) in [7, 11) is 0. The normalized spacial score (nSPS) is 12.8. The van der Waals surface area contributed by atoms with E-state index in [-0.39, 0.29) is 6.61 Å². The Kier molecular flexibility index (Phi) is 6.07. The van der Waals surface area contributed by atoms with Crippen molar-refractivity contribution in [1.29, 1.82) is 0 Å². The van der Waals surface area contributed by atoms with Gasteiger partial charge >= 0.3 is 5.97 Å². The molecule has 92 valence electrons. The van der Waals surface area contributed by atoms with E-state index in [9.17, 15) is 14.4 Å². The van der Waals surface area contributed by atoms with E-state index in [2.05, 4.69) is 10.1 Å². The Morgan fingerprint density at radius 3 is 2.12 bits per heavy atom. The van der Waals surface area contributed by atoms with Crippen molar-refractivity contribution in [3.05, 3.63) is 0 Å². The first kappa shape index (κ1) is 15.5. The molecule has 0 saturated heterocycles. The fraction of sp³-hybridized carbons (Fsp3) is 0.625. The molecule has 1 N–H and O–H groups in total. The number of hydrogen-bond donors (Lipinski definition) is 1. The number of nitrogens with one attached hydrogen (secondary N) is 1. The summed E-state index contributed by atoms with van der Waals surface area (Å²) in [5, 5.41) is 2.05. The highest BCUT2D eigenvalue weighted by Gasteiger charge is 2.41. The summed E-state index contributed by atoms with van der Waals surface area (Å²) in [6, 6.07) is -1.61. The van der Waals surface area contributed by atoms with Crippen molar-refractivity contribution in [2.24, 2.45) is 0 Å². The lowest BCUT2D eigenvalue weighted by Crippen LogP contribution is -2.50. The van der Waals surface area contributed by atoms with E-state index >= 15 is 0 Å². The van der Waals surface area contributed by atoms with Crippen LogP contribution in [0.2, 0.25) is 0 Å². The molecule has 0 saturated carbocycles. The van der Waals surface area contributed by atoms with Crippen LogP contribution >= 0.6 is 34.8 Å². The lowest BCUT2D eigenvalue weighted by atomic mass is 10.2. The van der Waals surface area contributed by atoms with Crippen LogP contribution in [0.15, 0.2) is 0 Å². The number of ketones is 1. The maximum atomic E-state index is 11.5. The van der Waals surface area contributed by atoms with Crippen molar-refractivity contribution < 1.29 is 19.1 Å². The molecule has 0 fully saturated rings. The van der Waals surface area contributed by atoms with Gasteiger partial charge in [-0.2, -0.15) is 0 Å². The van der Waals surface area contributed by atoms with Crippen LogP contribution in [-0.4, -0.2) is 34.1 Å². The topological polar surface area (TPSA) is 72.5 Å². The molecule has 5 nitrogen and oxygen atoms in total. The summed E-state index contributed by atoms with van der Waals surface area (Å²) in [4.78, 5) is 33.6. The number of alkyl halides is 3. The molecule has 0 aliphatic rings. The molecule has 0 aromatic heterocycles. The van der Waals surface area contributed by atoms with Crippen molar-refractivity contribution in [1.82, 2.24) is 5.32 Å². The Bertz CT molecular complexity index is 300. The minimum atomic E-state index is -2.29. The Labute approximate surface area is 107 Å². The average Bonchev–Trinajstić information content (AvgIpc) is 2.11. The second-order valence-electron chi connectivity index (χ2n) is 2.75. The van der Waals surface area contributed by atoms with Crippen LogP contribution in [-0.2, 0) is 19.1 Å². The molecule has 1 amide bonds. The minimum absolute atomic E-state index is 0.0437. The Balaban J connectivity index is 4.87. The number of rotatable bonds is 4. The quantitative estimate of drug-likeness (QED) is 0.476. The predicted molar refractivity (Wildman–Crippen MR) is 59.5 cm³/mol. The maximum Gasteiger partial charge on any atom is 0.336 e. The van der Waals surface area contributed by atoms with Crippen LogP contribution in [0.1, 0.15) is 13.8 Å². The summed E-state index contributed by atoms with van der Waals surface area (Å²) in [5.74, 6) is -2.64. The first-order chi connectivity index (χ1) is 7.20. The molecule has 0 rings (SSSR count). The highest BCUT2D eigenvalue weighted by atomic mass is 35.6. The fourth-order valence-corrected chi connectivity index (χ4v) is 1.15. The number of halogens is 3. The van der Waals surface area contributed by atoms with Gasteiger partial charge in [-0.1, -0.05) is 34.8 Å². The SMILES string of the molecule is CCOC(=O)[C@H](NC(C)=O)C(=O)C(Cl)(Cl)Cl. The zero-order valence-electron chi connectivity index (χ0n) is 8.55. The molecule has 0 heterocycles. The van der Waals surface area contributed by atoms with E-state index in [0.717, 1.165) is 6.92 Å². The van der Waals surface area contributed by atoms with Crippen LogP contribution in [0.4, 0.5) is 0 Å². The standard InChI is InChI=1S/C8H10Cl3NO4/c1-3-16-7(15)5(12-4(2)13)6(14)8(9,10)11/h5H,3H2,1-2H3,(H,12,13)/t5-/m1/s1. The van der Waals surface area contributed by atoms with Gasteiger partial charge < -0.3 is 10.1 Å². The highest BCUT2D eigenvalue weighted by molar-refractivity contribution is 6.77.